The zero-order valence-corrected chi connectivity index (χ0v) is 10.5. The lowest BCUT2D eigenvalue weighted by atomic mass is 10.2. The van der Waals surface area contributed by atoms with Gasteiger partial charge >= 0.3 is 0 Å². The van der Waals surface area contributed by atoms with Crippen LogP contribution in [0.5, 0.6) is 0 Å². The number of carbonyl (C=O) groups is 1. The molecule has 0 saturated heterocycles. The summed E-state index contributed by atoms with van der Waals surface area (Å²) in [6, 6.07) is 7.68. The van der Waals surface area contributed by atoms with Crippen LogP contribution >= 0.6 is 0 Å². The Balaban J connectivity index is 2.23. The molecule has 0 fully saturated rings. The normalized spacial score (nSPS) is 10.2. The van der Waals surface area contributed by atoms with Crippen LogP contribution in [0.1, 0.15) is 12.5 Å². The van der Waals surface area contributed by atoms with Crippen LogP contribution in [0.2, 0.25) is 0 Å². The summed E-state index contributed by atoms with van der Waals surface area (Å²) >= 11 is 0. The van der Waals surface area contributed by atoms with Gasteiger partial charge in [0, 0.05) is 12.2 Å². The molecule has 4 nitrogen and oxygen atoms in total. The molecule has 0 aliphatic heterocycles. The van der Waals surface area contributed by atoms with E-state index in [2.05, 4.69) is 10.6 Å². The van der Waals surface area contributed by atoms with E-state index >= 15 is 0 Å². The van der Waals surface area contributed by atoms with Gasteiger partial charge in [-0.25, -0.2) is 0 Å². The molecule has 0 atom stereocenters. The van der Waals surface area contributed by atoms with Gasteiger partial charge in [0.15, 0.2) is 0 Å². The molecule has 0 radical (unpaired) electrons. The highest BCUT2D eigenvalue weighted by Gasteiger charge is 2.03. The molecule has 17 heavy (non-hydrogen) atoms. The maximum atomic E-state index is 11.5. The first kappa shape index (κ1) is 13.7. The molecule has 1 aromatic rings. The van der Waals surface area contributed by atoms with E-state index in [9.17, 15) is 4.79 Å². The number of hydrogen-bond acceptors (Lipinski definition) is 3. The summed E-state index contributed by atoms with van der Waals surface area (Å²) in [6.07, 6.45) is 0. The highest BCUT2D eigenvalue weighted by Crippen LogP contribution is 2.12. The molecule has 1 amide bonds. The van der Waals surface area contributed by atoms with E-state index in [1.165, 1.54) is 0 Å². The number of hydrogen-bond donors (Lipinski definition) is 2. The second kappa shape index (κ2) is 7.81. The lowest BCUT2D eigenvalue weighted by Crippen LogP contribution is -2.23. The second-order valence-electron chi connectivity index (χ2n) is 3.77. The largest absolute Gasteiger partial charge is 0.370 e. The molecule has 1 aromatic carbocycles. The number of nitrogens with one attached hydrogen (secondary N) is 2. The van der Waals surface area contributed by atoms with Gasteiger partial charge < -0.3 is 15.4 Å². The molecule has 2 N–H and O–H groups in total. The standard InChI is InChI=1S/C13H20N2O2/c1-3-14-8-9-17-10-13(16)15-12-7-5-4-6-11(12)2/h4-7,14H,3,8-10H2,1-2H3,(H,15,16). The van der Waals surface area contributed by atoms with Crippen LogP contribution in [0.3, 0.4) is 0 Å². The smallest absolute Gasteiger partial charge is 0.250 e. The highest BCUT2D eigenvalue weighted by molar-refractivity contribution is 5.92. The summed E-state index contributed by atoms with van der Waals surface area (Å²) < 4.78 is 5.24. The summed E-state index contributed by atoms with van der Waals surface area (Å²) in [4.78, 5) is 11.5. The van der Waals surface area contributed by atoms with Crippen LogP contribution in [0.15, 0.2) is 24.3 Å². The number of anilines is 1. The van der Waals surface area contributed by atoms with Crippen molar-refractivity contribution in [3.63, 3.8) is 0 Å². The molecule has 94 valence electrons. The van der Waals surface area contributed by atoms with Gasteiger partial charge in [0.1, 0.15) is 6.61 Å². The van der Waals surface area contributed by atoms with Gasteiger partial charge in [-0.05, 0) is 25.1 Å². The van der Waals surface area contributed by atoms with Crippen LogP contribution in [-0.2, 0) is 9.53 Å². The maximum absolute atomic E-state index is 11.5. The van der Waals surface area contributed by atoms with Crippen molar-refractivity contribution in [1.82, 2.24) is 5.32 Å². The van der Waals surface area contributed by atoms with Gasteiger partial charge in [-0.2, -0.15) is 0 Å². The van der Waals surface area contributed by atoms with Gasteiger partial charge in [0.05, 0.1) is 6.61 Å². The zero-order valence-electron chi connectivity index (χ0n) is 10.5. The van der Waals surface area contributed by atoms with E-state index in [-0.39, 0.29) is 12.5 Å². The predicted octanol–water partition coefficient (Wildman–Crippen LogP) is 1.56. The second-order valence-corrected chi connectivity index (χ2v) is 3.77. The summed E-state index contributed by atoms with van der Waals surface area (Å²) in [5.74, 6) is -0.115. The third-order valence-corrected chi connectivity index (χ3v) is 2.33. The topological polar surface area (TPSA) is 50.4 Å². The number of ether oxygens (including phenoxy) is 1. The Hall–Kier alpha value is -1.39. The Kier molecular flexibility index (Phi) is 6.29. The van der Waals surface area contributed by atoms with Gasteiger partial charge in [0.2, 0.25) is 5.91 Å². The van der Waals surface area contributed by atoms with Crippen LogP contribution in [-0.4, -0.2) is 32.2 Å². The van der Waals surface area contributed by atoms with E-state index in [1.54, 1.807) is 0 Å². The van der Waals surface area contributed by atoms with Crippen molar-refractivity contribution in [2.75, 3.05) is 31.6 Å². The van der Waals surface area contributed by atoms with Gasteiger partial charge in [0.25, 0.3) is 0 Å². The van der Waals surface area contributed by atoms with Crippen LogP contribution in [0, 0.1) is 6.92 Å². The minimum absolute atomic E-state index is 0.0970. The number of amides is 1. The fourth-order valence-corrected chi connectivity index (χ4v) is 1.39. The lowest BCUT2D eigenvalue weighted by molar-refractivity contribution is -0.120. The molecular formula is C13H20N2O2. The first-order chi connectivity index (χ1) is 8.24. The minimum Gasteiger partial charge on any atom is -0.370 e. The number of likely N-dealkylation sites (N-methyl/N-ethyl adjacent to an activating group) is 1. The molecule has 4 heteroatoms. The minimum atomic E-state index is -0.115. The Bertz CT molecular complexity index is 353. The first-order valence-corrected chi connectivity index (χ1v) is 5.88. The van der Waals surface area contributed by atoms with Crippen molar-refractivity contribution in [3.05, 3.63) is 29.8 Å². The van der Waals surface area contributed by atoms with E-state index in [1.807, 2.05) is 38.1 Å². The van der Waals surface area contributed by atoms with Crippen LogP contribution in [0.4, 0.5) is 5.69 Å². The lowest BCUT2D eigenvalue weighted by Gasteiger charge is -2.08. The summed E-state index contributed by atoms with van der Waals surface area (Å²) in [7, 11) is 0. The Morgan fingerprint density at radius 2 is 2.12 bits per heavy atom. The number of carbonyl (C=O) groups excluding carboxylic acids is 1. The molecule has 0 bridgehead atoms. The van der Waals surface area contributed by atoms with Gasteiger partial charge in [-0.1, -0.05) is 25.1 Å². The molecule has 0 aliphatic carbocycles. The van der Waals surface area contributed by atoms with Crippen molar-refractivity contribution < 1.29 is 9.53 Å². The molecule has 0 saturated carbocycles. The summed E-state index contributed by atoms with van der Waals surface area (Å²) in [5.41, 5.74) is 1.89. The summed E-state index contributed by atoms with van der Waals surface area (Å²) in [6.45, 7) is 6.33. The van der Waals surface area contributed by atoms with Crippen molar-refractivity contribution in [3.8, 4) is 0 Å². The Morgan fingerprint density at radius 1 is 1.35 bits per heavy atom. The number of rotatable bonds is 7. The monoisotopic (exact) mass is 236 g/mol. The molecule has 0 aliphatic rings. The third-order valence-electron chi connectivity index (χ3n) is 2.33. The first-order valence-electron chi connectivity index (χ1n) is 5.88. The van der Waals surface area contributed by atoms with Crippen molar-refractivity contribution in [2.24, 2.45) is 0 Å². The van der Waals surface area contributed by atoms with E-state index < -0.39 is 0 Å². The molecular weight excluding hydrogens is 216 g/mol. The van der Waals surface area contributed by atoms with Gasteiger partial charge in [-0.15, -0.1) is 0 Å². The quantitative estimate of drug-likeness (QED) is 0.706. The number of para-hydroxylation sites is 1. The van der Waals surface area contributed by atoms with E-state index in [0.717, 1.165) is 24.3 Å². The molecule has 0 aromatic heterocycles. The van der Waals surface area contributed by atoms with Crippen LogP contribution in [0.25, 0.3) is 0 Å². The van der Waals surface area contributed by atoms with Crippen molar-refractivity contribution >= 4 is 11.6 Å². The maximum Gasteiger partial charge on any atom is 0.250 e. The van der Waals surface area contributed by atoms with Gasteiger partial charge in [-0.3, -0.25) is 4.79 Å². The van der Waals surface area contributed by atoms with Crippen LogP contribution < -0.4 is 10.6 Å². The van der Waals surface area contributed by atoms with E-state index in [0.29, 0.717) is 6.61 Å². The fraction of sp³-hybridized carbons (Fsp3) is 0.462. The third kappa shape index (κ3) is 5.47. The SMILES string of the molecule is CCNCCOCC(=O)Nc1ccccc1C. The number of aryl methyl sites for hydroxylation is 1. The zero-order chi connectivity index (χ0) is 12.5. The van der Waals surface area contributed by atoms with Crippen molar-refractivity contribution in [2.45, 2.75) is 13.8 Å². The van der Waals surface area contributed by atoms with Crippen molar-refractivity contribution in [1.29, 1.82) is 0 Å². The summed E-state index contributed by atoms with van der Waals surface area (Å²) in [5, 5.41) is 5.94. The average molecular weight is 236 g/mol. The Morgan fingerprint density at radius 3 is 2.82 bits per heavy atom. The Labute approximate surface area is 102 Å². The average Bonchev–Trinajstić information content (AvgIpc) is 2.32. The highest BCUT2D eigenvalue weighted by atomic mass is 16.5. The molecule has 0 unspecified atom stereocenters. The number of benzene rings is 1. The fourth-order valence-electron chi connectivity index (χ4n) is 1.39. The molecule has 1 rings (SSSR count). The molecule has 0 heterocycles. The predicted molar refractivity (Wildman–Crippen MR) is 69.2 cm³/mol. The van der Waals surface area contributed by atoms with E-state index in [4.69, 9.17) is 4.74 Å². The molecule has 0 spiro atoms.